The fraction of sp³-hybridized carbons (Fsp3) is 0.400. The summed E-state index contributed by atoms with van der Waals surface area (Å²) in [6, 6.07) is 16.1. The van der Waals surface area contributed by atoms with E-state index in [1.807, 2.05) is 45.0 Å². The lowest BCUT2D eigenvalue weighted by atomic mass is 9.97. The van der Waals surface area contributed by atoms with E-state index in [4.69, 9.17) is 0 Å². The molecule has 7 nitrogen and oxygen atoms in total. The highest BCUT2D eigenvalue weighted by Crippen LogP contribution is 2.29. The molecule has 0 radical (unpaired) electrons. The number of nitrogens with one attached hydrogen (secondary N) is 3. The van der Waals surface area contributed by atoms with Crippen LogP contribution in [-0.4, -0.2) is 36.5 Å². The second-order valence-corrected chi connectivity index (χ2v) is 8.40. The Balaban J connectivity index is 1.65. The van der Waals surface area contributed by atoms with Gasteiger partial charge in [0, 0.05) is 6.04 Å². The van der Waals surface area contributed by atoms with Crippen molar-refractivity contribution >= 4 is 29.2 Å². The first-order valence-electron chi connectivity index (χ1n) is 11.2. The number of aryl methyl sites for hydroxylation is 1. The van der Waals surface area contributed by atoms with Gasteiger partial charge >= 0.3 is 6.03 Å². The standard InChI is InChI=1S/C25H32N4O3/c1-4-17(2)23(24(31)26-18(3)14-15-19-10-6-5-7-11-19)28-25(32)29-16-22(30)27-20-12-8-9-13-21(20)29/h5-13,17-18,23H,4,14-16H2,1-3H3,(H,26,31)(H,27,30)(H,28,32)/t17-,18-,23+/m0/s1. The zero-order chi connectivity index (χ0) is 23.1. The minimum atomic E-state index is -0.691. The molecule has 1 aliphatic heterocycles. The molecule has 0 fully saturated rings. The minimum Gasteiger partial charge on any atom is -0.352 e. The molecule has 7 heteroatoms. The fourth-order valence-corrected chi connectivity index (χ4v) is 3.76. The number of anilines is 2. The van der Waals surface area contributed by atoms with Crippen LogP contribution in [0.2, 0.25) is 0 Å². The maximum absolute atomic E-state index is 13.1. The molecule has 4 amide bonds. The first-order chi connectivity index (χ1) is 15.4. The SMILES string of the molecule is CC[C@H](C)[C@@H](NC(=O)N1CC(=O)Nc2ccccc21)C(=O)N[C@@H](C)CCc1ccccc1. The van der Waals surface area contributed by atoms with Crippen LogP contribution >= 0.6 is 0 Å². The second kappa shape index (κ2) is 10.8. The average Bonchev–Trinajstić information content (AvgIpc) is 2.80. The van der Waals surface area contributed by atoms with E-state index in [1.165, 1.54) is 10.5 Å². The molecule has 1 heterocycles. The van der Waals surface area contributed by atoms with Crippen LogP contribution in [0.3, 0.4) is 0 Å². The zero-order valence-corrected chi connectivity index (χ0v) is 18.9. The number of carbonyl (C=O) groups is 3. The van der Waals surface area contributed by atoms with Crippen molar-refractivity contribution < 1.29 is 14.4 Å². The molecule has 3 atom stereocenters. The van der Waals surface area contributed by atoms with Gasteiger partial charge in [0.15, 0.2) is 0 Å². The van der Waals surface area contributed by atoms with Gasteiger partial charge in [-0.25, -0.2) is 4.79 Å². The van der Waals surface area contributed by atoms with E-state index in [0.717, 1.165) is 19.3 Å². The molecule has 0 saturated heterocycles. The summed E-state index contributed by atoms with van der Waals surface area (Å²) in [6.45, 7) is 5.81. The van der Waals surface area contributed by atoms with Crippen molar-refractivity contribution in [3.63, 3.8) is 0 Å². The molecule has 2 aromatic carbocycles. The zero-order valence-electron chi connectivity index (χ0n) is 18.9. The number of para-hydroxylation sites is 2. The van der Waals surface area contributed by atoms with E-state index in [-0.39, 0.29) is 30.3 Å². The number of hydrogen-bond donors (Lipinski definition) is 3. The minimum absolute atomic E-state index is 0.0346. The number of nitrogens with zero attached hydrogens (tertiary/aromatic N) is 1. The van der Waals surface area contributed by atoms with Crippen LogP contribution in [0.15, 0.2) is 54.6 Å². The fourth-order valence-electron chi connectivity index (χ4n) is 3.76. The first-order valence-corrected chi connectivity index (χ1v) is 11.2. The summed E-state index contributed by atoms with van der Waals surface area (Å²) in [5.41, 5.74) is 2.42. The van der Waals surface area contributed by atoms with Gasteiger partial charge in [0.05, 0.1) is 11.4 Å². The molecule has 1 aliphatic rings. The van der Waals surface area contributed by atoms with Crippen LogP contribution in [-0.2, 0) is 16.0 Å². The van der Waals surface area contributed by atoms with Gasteiger partial charge in [-0.05, 0) is 43.4 Å². The second-order valence-electron chi connectivity index (χ2n) is 8.40. The summed E-state index contributed by atoms with van der Waals surface area (Å²) >= 11 is 0. The molecule has 170 valence electrons. The van der Waals surface area contributed by atoms with Crippen molar-refractivity contribution in [3.8, 4) is 0 Å². The summed E-state index contributed by atoms with van der Waals surface area (Å²) in [5, 5.41) is 8.69. The van der Waals surface area contributed by atoms with Crippen molar-refractivity contribution in [2.24, 2.45) is 5.92 Å². The van der Waals surface area contributed by atoms with Gasteiger partial charge in [0.1, 0.15) is 12.6 Å². The van der Waals surface area contributed by atoms with Crippen molar-refractivity contribution in [3.05, 3.63) is 60.2 Å². The Bertz CT molecular complexity index is 947. The van der Waals surface area contributed by atoms with Gasteiger partial charge in [0.2, 0.25) is 11.8 Å². The lowest BCUT2D eigenvalue weighted by Gasteiger charge is -2.32. The summed E-state index contributed by atoms with van der Waals surface area (Å²) in [6.07, 6.45) is 2.40. The van der Waals surface area contributed by atoms with Crippen LogP contribution in [0, 0.1) is 5.92 Å². The van der Waals surface area contributed by atoms with Crippen molar-refractivity contribution in [2.75, 3.05) is 16.8 Å². The molecular weight excluding hydrogens is 404 g/mol. The topological polar surface area (TPSA) is 90.5 Å². The highest BCUT2D eigenvalue weighted by molar-refractivity contribution is 6.10. The molecule has 0 bridgehead atoms. The largest absolute Gasteiger partial charge is 0.352 e. The number of carbonyl (C=O) groups excluding carboxylic acids is 3. The number of rotatable bonds is 8. The number of amides is 4. The van der Waals surface area contributed by atoms with Crippen molar-refractivity contribution in [1.82, 2.24) is 10.6 Å². The molecule has 0 aromatic heterocycles. The summed E-state index contributed by atoms with van der Waals surface area (Å²) in [7, 11) is 0. The number of benzene rings is 2. The van der Waals surface area contributed by atoms with E-state index in [1.54, 1.807) is 18.2 Å². The van der Waals surface area contributed by atoms with Crippen LogP contribution < -0.4 is 20.9 Å². The Labute approximate surface area is 189 Å². The number of hydrogen-bond acceptors (Lipinski definition) is 3. The first kappa shape index (κ1) is 23.3. The van der Waals surface area contributed by atoms with Crippen LogP contribution in [0.25, 0.3) is 0 Å². The summed E-state index contributed by atoms with van der Waals surface area (Å²) in [4.78, 5) is 39.6. The monoisotopic (exact) mass is 436 g/mol. The van der Waals surface area contributed by atoms with Gasteiger partial charge in [0.25, 0.3) is 0 Å². The third-order valence-electron chi connectivity index (χ3n) is 5.89. The average molecular weight is 437 g/mol. The van der Waals surface area contributed by atoms with E-state index >= 15 is 0 Å². The highest BCUT2D eigenvalue weighted by atomic mass is 16.2. The highest BCUT2D eigenvalue weighted by Gasteiger charge is 2.32. The molecule has 3 N–H and O–H groups in total. The molecular formula is C25H32N4O3. The van der Waals surface area contributed by atoms with Crippen molar-refractivity contribution in [1.29, 1.82) is 0 Å². The third-order valence-corrected chi connectivity index (χ3v) is 5.89. The maximum Gasteiger partial charge on any atom is 0.323 e. The van der Waals surface area contributed by atoms with Gasteiger partial charge in [-0.15, -0.1) is 0 Å². The lowest BCUT2D eigenvalue weighted by molar-refractivity contribution is -0.124. The predicted molar refractivity (Wildman–Crippen MR) is 127 cm³/mol. The van der Waals surface area contributed by atoms with Crippen LogP contribution in [0.5, 0.6) is 0 Å². The lowest BCUT2D eigenvalue weighted by Crippen LogP contribution is -2.56. The molecule has 0 spiro atoms. The molecule has 32 heavy (non-hydrogen) atoms. The smallest absolute Gasteiger partial charge is 0.323 e. The Morgan fingerprint density at radius 1 is 1.03 bits per heavy atom. The third kappa shape index (κ3) is 5.87. The molecule has 0 aliphatic carbocycles. The maximum atomic E-state index is 13.1. The predicted octanol–water partition coefficient (Wildman–Crippen LogP) is 3.71. The Kier molecular flexibility index (Phi) is 7.87. The van der Waals surface area contributed by atoms with Gasteiger partial charge in [-0.1, -0.05) is 62.7 Å². The van der Waals surface area contributed by atoms with Gasteiger partial charge < -0.3 is 16.0 Å². The van der Waals surface area contributed by atoms with Crippen molar-refractivity contribution in [2.45, 2.75) is 52.1 Å². The van der Waals surface area contributed by atoms with Gasteiger partial charge in [-0.3, -0.25) is 14.5 Å². The molecule has 0 saturated carbocycles. The normalized spacial score (nSPS) is 15.7. The van der Waals surface area contributed by atoms with E-state index in [0.29, 0.717) is 11.4 Å². The number of urea groups is 1. The van der Waals surface area contributed by atoms with E-state index < -0.39 is 12.1 Å². The van der Waals surface area contributed by atoms with Gasteiger partial charge in [-0.2, -0.15) is 0 Å². The quantitative estimate of drug-likeness (QED) is 0.589. The van der Waals surface area contributed by atoms with Crippen LogP contribution in [0.1, 0.15) is 39.2 Å². The van der Waals surface area contributed by atoms with E-state index in [9.17, 15) is 14.4 Å². The Morgan fingerprint density at radius 3 is 2.44 bits per heavy atom. The summed E-state index contributed by atoms with van der Waals surface area (Å²) < 4.78 is 0. The molecule has 3 rings (SSSR count). The molecule has 0 unspecified atom stereocenters. The number of fused-ring (bicyclic) bond motifs is 1. The summed E-state index contributed by atoms with van der Waals surface area (Å²) in [5.74, 6) is -0.532. The van der Waals surface area contributed by atoms with Crippen LogP contribution in [0.4, 0.5) is 16.2 Å². The van der Waals surface area contributed by atoms with E-state index in [2.05, 4.69) is 28.1 Å². The molecule has 2 aromatic rings. The Hall–Kier alpha value is -3.35. The Morgan fingerprint density at radius 2 is 1.72 bits per heavy atom.